The lowest BCUT2D eigenvalue weighted by atomic mass is 9.96. The molecular weight excluding hydrogens is 188 g/mol. The Bertz CT molecular complexity index is 307. The van der Waals surface area contributed by atoms with E-state index in [0.717, 1.165) is 11.5 Å². The van der Waals surface area contributed by atoms with Gasteiger partial charge in [0.05, 0.1) is 14.2 Å². The second-order valence-corrected chi connectivity index (χ2v) is 3.80. The highest BCUT2D eigenvalue weighted by atomic mass is 16.5. The average molecular weight is 208 g/mol. The van der Waals surface area contributed by atoms with Gasteiger partial charge in [-0.05, 0) is 30.0 Å². The summed E-state index contributed by atoms with van der Waals surface area (Å²) in [6.07, 6.45) is 2.41. The van der Waals surface area contributed by atoms with Gasteiger partial charge in [0.1, 0.15) is 0 Å². The monoisotopic (exact) mass is 208 g/mol. The van der Waals surface area contributed by atoms with Crippen LogP contribution in [0.25, 0.3) is 0 Å². The van der Waals surface area contributed by atoms with Crippen LogP contribution in [0.3, 0.4) is 0 Å². The zero-order valence-electron chi connectivity index (χ0n) is 10.0. The molecule has 0 saturated heterocycles. The maximum Gasteiger partial charge on any atom is 0.160 e. The van der Waals surface area contributed by atoms with Gasteiger partial charge in [-0.15, -0.1) is 0 Å². The molecule has 0 amide bonds. The van der Waals surface area contributed by atoms with Gasteiger partial charge in [0.2, 0.25) is 0 Å². The predicted octanol–water partition coefficient (Wildman–Crippen LogP) is 3.61. The lowest BCUT2D eigenvalue weighted by molar-refractivity contribution is 0.354. The van der Waals surface area contributed by atoms with Crippen LogP contribution in [0.4, 0.5) is 0 Å². The van der Waals surface area contributed by atoms with E-state index in [4.69, 9.17) is 9.47 Å². The van der Waals surface area contributed by atoms with Crippen LogP contribution in [0.2, 0.25) is 0 Å². The topological polar surface area (TPSA) is 18.5 Å². The molecule has 0 heterocycles. The Morgan fingerprint density at radius 1 is 1.13 bits per heavy atom. The molecular formula is C13H20O2. The first-order valence-electron chi connectivity index (χ1n) is 5.44. The van der Waals surface area contributed by atoms with Crippen molar-refractivity contribution in [3.8, 4) is 11.5 Å². The van der Waals surface area contributed by atoms with Gasteiger partial charge in [-0.3, -0.25) is 0 Å². The molecule has 1 aromatic rings. The molecule has 1 atom stereocenters. The quantitative estimate of drug-likeness (QED) is 0.736. The molecule has 0 saturated carbocycles. The van der Waals surface area contributed by atoms with Crippen molar-refractivity contribution in [2.24, 2.45) is 0 Å². The molecule has 0 fully saturated rings. The molecule has 84 valence electrons. The Balaban J connectivity index is 2.92. The van der Waals surface area contributed by atoms with Gasteiger partial charge in [0, 0.05) is 0 Å². The van der Waals surface area contributed by atoms with Crippen molar-refractivity contribution in [2.75, 3.05) is 14.2 Å². The molecule has 2 nitrogen and oxygen atoms in total. The third-order valence-corrected chi connectivity index (χ3v) is 2.70. The van der Waals surface area contributed by atoms with E-state index >= 15 is 0 Å². The van der Waals surface area contributed by atoms with Gasteiger partial charge in [-0.25, -0.2) is 0 Å². The van der Waals surface area contributed by atoms with E-state index in [-0.39, 0.29) is 0 Å². The van der Waals surface area contributed by atoms with E-state index < -0.39 is 0 Å². The fraction of sp³-hybridized carbons (Fsp3) is 0.538. The summed E-state index contributed by atoms with van der Waals surface area (Å²) in [6.45, 7) is 4.45. The van der Waals surface area contributed by atoms with E-state index in [1.54, 1.807) is 14.2 Å². The molecule has 1 aromatic carbocycles. The normalized spacial score (nSPS) is 12.3. The van der Waals surface area contributed by atoms with Crippen LogP contribution in [0.5, 0.6) is 11.5 Å². The van der Waals surface area contributed by atoms with Gasteiger partial charge < -0.3 is 9.47 Å². The summed E-state index contributed by atoms with van der Waals surface area (Å²) < 4.78 is 10.5. The predicted molar refractivity (Wildman–Crippen MR) is 62.9 cm³/mol. The van der Waals surface area contributed by atoms with Gasteiger partial charge in [0.25, 0.3) is 0 Å². The second kappa shape index (κ2) is 5.64. The van der Waals surface area contributed by atoms with E-state index in [1.807, 2.05) is 6.07 Å². The molecule has 1 unspecified atom stereocenters. The largest absolute Gasteiger partial charge is 0.493 e. The number of hydrogen-bond acceptors (Lipinski definition) is 2. The van der Waals surface area contributed by atoms with Crippen LogP contribution in [-0.2, 0) is 0 Å². The molecule has 0 bridgehead atoms. The van der Waals surface area contributed by atoms with Crippen LogP contribution in [-0.4, -0.2) is 14.2 Å². The van der Waals surface area contributed by atoms with Crippen LogP contribution in [0.15, 0.2) is 18.2 Å². The Kier molecular flexibility index (Phi) is 4.47. The molecule has 0 N–H and O–H groups in total. The minimum Gasteiger partial charge on any atom is -0.493 e. The van der Waals surface area contributed by atoms with Crippen molar-refractivity contribution in [3.05, 3.63) is 23.8 Å². The van der Waals surface area contributed by atoms with Crippen molar-refractivity contribution >= 4 is 0 Å². The van der Waals surface area contributed by atoms with Gasteiger partial charge >= 0.3 is 0 Å². The van der Waals surface area contributed by atoms with Crippen LogP contribution in [0, 0.1) is 0 Å². The van der Waals surface area contributed by atoms with Crippen molar-refractivity contribution < 1.29 is 9.47 Å². The summed E-state index contributed by atoms with van der Waals surface area (Å²) in [4.78, 5) is 0. The van der Waals surface area contributed by atoms with E-state index in [1.165, 1.54) is 18.4 Å². The van der Waals surface area contributed by atoms with Crippen molar-refractivity contribution in [2.45, 2.75) is 32.6 Å². The second-order valence-electron chi connectivity index (χ2n) is 3.80. The third-order valence-electron chi connectivity index (χ3n) is 2.70. The Morgan fingerprint density at radius 2 is 1.80 bits per heavy atom. The minimum absolute atomic E-state index is 0.579. The van der Waals surface area contributed by atoms with Crippen molar-refractivity contribution in [3.63, 3.8) is 0 Å². The molecule has 0 aliphatic heterocycles. The molecule has 2 heteroatoms. The Morgan fingerprint density at radius 3 is 2.33 bits per heavy atom. The van der Waals surface area contributed by atoms with Crippen LogP contribution in [0.1, 0.15) is 38.2 Å². The summed E-state index contributed by atoms with van der Waals surface area (Å²) in [6, 6.07) is 6.15. The SMILES string of the molecule is CCCC(C)c1ccc(OC)c(OC)c1. The minimum atomic E-state index is 0.579. The van der Waals surface area contributed by atoms with Crippen LogP contribution >= 0.6 is 0 Å². The van der Waals surface area contributed by atoms with Gasteiger partial charge in [-0.1, -0.05) is 26.3 Å². The fourth-order valence-electron chi connectivity index (χ4n) is 1.76. The summed E-state index contributed by atoms with van der Waals surface area (Å²) in [7, 11) is 3.33. The van der Waals surface area contributed by atoms with Crippen LogP contribution < -0.4 is 9.47 Å². The molecule has 1 rings (SSSR count). The van der Waals surface area contributed by atoms with E-state index in [0.29, 0.717) is 5.92 Å². The summed E-state index contributed by atoms with van der Waals surface area (Å²) in [5, 5.41) is 0. The average Bonchev–Trinajstić information content (AvgIpc) is 2.28. The van der Waals surface area contributed by atoms with Gasteiger partial charge in [0.15, 0.2) is 11.5 Å². The molecule has 0 spiro atoms. The van der Waals surface area contributed by atoms with Gasteiger partial charge in [-0.2, -0.15) is 0 Å². The summed E-state index contributed by atoms with van der Waals surface area (Å²) in [5.74, 6) is 2.19. The molecule has 0 aliphatic rings. The highest BCUT2D eigenvalue weighted by Crippen LogP contribution is 2.31. The number of ether oxygens (including phenoxy) is 2. The van der Waals surface area contributed by atoms with Crippen molar-refractivity contribution in [1.82, 2.24) is 0 Å². The Hall–Kier alpha value is -1.18. The first-order chi connectivity index (χ1) is 7.22. The first kappa shape index (κ1) is 11.9. The lowest BCUT2D eigenvalue weighted by Crippen LogP contribution is -1.96. The number of methoxy groups -OCH3 is 2. The Labute approximate surface area is 92.2 Å². The molecule has 0 aromatic heterocycles. The smallest absolute Gasteiger partial charge is 0.160 e. The highest BCUT2D eigenvalue weighted by molar-refractivity contribution is 5.43. The highest BCUT2D eigenvalue weighted by Gasteiger charge is 2.09. The molecule has 15 heavy (non-hydrogen) atoms. The molecule has 0 radical (unpaired) electrons. The summed E-state index contributed by atoms with van der Waals surface area (Å²) in [5.41, 5.74) is 1.31. The number of rotatable bonds is 5. The fourth-order valence-corrected chi connectivity index (χ4v) is 1.76. The maximum atomic E-state index is 5.28. The zero-order valence-corrected chi connectivity index (χ0v) is 10.0. The first-order valence-corrected chi connectivity index (χ1v) is 5.44. The van der Waals surface area contributed by atoms with E-state index in [9.17, 15) is 0 Å². The van der Waals surface area contributed by atoms with Crippen molar-refractivity contribution in [1.29, 1.82) is 0 Å². The third kappa shape index (κ3) is 2.88. The number of benzene rings is 1. The zero-order chi connectivity index (χ0) is 11.3. The summed E-state index contributed by atoms with van der Waals surface area (Å²) >= 11 is 0. The lowest BCUT2D eigenvalue weighted by Gasteiger charge is -2.14. The standard InChI is InChI=1S/C13H20O2/c1-5-6-10(2)11-7-8-12(14-3)13(9-11)15-4/h7-10H,5-6H2,1-4H3. The number of hydrogen-bond donors (Lipinski definition) is 0. The molecule has 0 aliphatic carbocycles. The van der Waals surface area contributed by atoms with E-state index in [2.05, 4.69) is 26.0 Å². The maximum absolute atomic E-state index is 5.28.